The third-order valence-electron chi connectivity index (χ3n) is 4.74. The highest BCUT2D eigenvalue weighted by Crippen LogP contribution is 2.44. The lowest BCUT2D eigenvalue weighted by atomic mass is 9.75. The SMILES string of the molecule is CCC(C(C)O)C1CCOC2(CCCC2)C1. The van der Waals surface area contributed by atoms with Crippen LogP contribution in [0, 0.1) is 11.8 Å². The van der Waals surface area contributed by atoms with Crippen molar-refractivity contribution >= 4 is 0 Å². The molecular formula is C14H26O2. The Labute approximate surface area is 99.4 Å². The van der Waals surface area contributed by atoms with Crippen LogP contribution in [0.2, 0.25) is 0 Å². The van der Waals surface area contributed by atoms with Crippen molar-refractivity contribution in [2.24, 2.45) is 11.8 Å². The molecule has 16 heavy (non-hydrogen) atoms. The summed E-state index contributed by atoms with van der Waals surface area (Å²) in [5, 5.41) is 9.85. The van der Waals surface area contributed by atoms with Crippen LogP contribution in [0.1, 0.15) is 58.8 Å². The zero-order valence-electron chi connectivity index (χ0n) is 10.7. The van der Waals surface area contributed by atoms with E-state index in [4.69, 9.17) is 4.74 Å². The molecule has 0 aromatic rings. The second kappa shape index (κ2) is 5.05. The molecule has 2 fully saturated rings. The predicted octanol–water partition coefficient (Wildman–Crippen LogP) is 3.13. The van der Waals surface area contributed by atoms with Gasteiger partial charge in [0.2, 0.25) is 0 Å². The van der Waals surface area contributed by atoms with E-state index in [1.165, 1.54) is 32.1 Å². The number of aliphatic hydroxyl groups excluding tert-OH is 1. The largest absolute Gasteiger partial charge is 0.393 e. The summed E-state index contributed by atoms with van der Waals surface area (Å²) in [6, 6.07) is 0. The Morgan fingerprint density at radius 2 is 2.06 bits per heavy atom. The van der Waals surface area contributed by atoms with Gasteiger partial charge in [0.25, 0.3) is 0 Å². The Kier molecular flexibility index (Phi) is 3.91. The molecule has 2 nitrogen and oxygen atoms in total. The molecule has 1 saturated heterocycles. The lowest BCUT2D eigenvalue weighted by molar-refractivity contribution is -0.110. The molecule has 3 atom stereocenters. The molecule has 0 aromatic heterocycles. The van der Waals surface area contributed by atoms with E-state index >= 15 is 0 Å². The highest BCUT2D eigenvalue weighted by atomic mass is 16.5. The number of hydrogen-bond acceptors (Lipinski definition) is 2. The molecule has 2 aliphatic rings. The standard InChI is InChI=1S/C14H26O2/c1-3-13(11(2)15)12-6-9-16-14(10-12)7-4-5-8-14/h11-13,15H,3-10H2,1-2H3. The van der Waals surface area contributed by atoms with Crippen LogP contribution in [0.5, 0.6) is 0 Å². The van der Waals surface area contributed by atoms with Gasteiger partial charge in [0.05, 0.1) is 11.7 Å². The third kappa shape index (κ3) is 2.43. The van der Waals surface area contributed by atoms with Gasteiger partial charge >= 0.3 is 0 Å². The van der Waals surface area contributed by atoms with Crippen molar-refractivity contribution in [3.63, 3.8) is 0 Å². The first-order valence-corrected chi connectivity index (χ1v) is 6.99. The number of ether oxygens (including phenoxy) is 1. The van der Waals surface area contributed by atoms with E-state index in [0.717, 1.165) is 19.4 Å². The average Bonchev–Trinajstić information content (AvgIpc) is 2.67. The Morgan fingerprint density at radius 3 is 2.62 bits per heavy atom. The van der Waals surface area contributed by atoms with Crippen LogP contribution in [0.15, 0.2) is 0 Å². The normalized spacial score (nSPS) is 32.8. The minimum atomic E-state index is -0.161. The van der Waals surface area contributed by atoms with E-state index in [2.05, 4.69) is 6.92 Å². The van der Waals surface area contributed by atoms with E-state index < -0.39 is 0 Å². The van der Waals surface area contributed by atoms with Crippen LogP contribution >= 0.6 is 0 Å². The average molecular weight is 226 g/mol. The maximum Gasteiger partial charge on any atom is 0.0685 e. The first kappa shape index (κ1) is 12.4. The number of hydrogen-bond donors (Lipinski definition) is 1. The van der Waals surface area contributed by atoms with Gasteiger partial charge in [-0.1, -0.05) is 26.2 Å². The summed E-state index contributed by atoms with van der Waals surface area (Å²) >= 11 is 0. The fraction of sp³-hybridized carbons (Fsp3) is 1.00. The first-order valence-electron chi connectivity index (χ1n) is 6.99. The van der Waals surface area contributed by atoms with Gasteiger partial charge in [0.15, 0.2) is 0 Å². The fourth-order valence-electron chi connectivity index (χ4n) is 3.87. The van der Waals surface area contributed by atoms with Gasteiger partial charge < -0.3 is 9.84 Å². The summed E-state index contributed by atoms with van der Waals surface area (Å²) in [6.07, 6.45) is 8.43. The minimum absolute atomic E-state index is 0.161. The second-order valence-electron chi connectivity index (χ2n) is 5.80. The van der Waals surface area contributed by atoms with E-state index in [1.807, 2.05) is 6.92 Å². The predicted molar refractivity (Wildman–Crippen MR) is 65.3 cm³/mol. The molecule has 2 rings (SSSR count). The number of rotatable bonds is 3. The smallest absolute Gasteiger partial charge is 0.0685 e. The molecule has 2 heteroatoms. The Balaban J connectivity index is 2.00. The van der Waals surface area contributed by atoms with Crippen LogP contribution in [0.3, 0.4) is 0 Å². The monoisotopic (exact) mass is 226 g/mol. The lowest BCUT2D eigenvalue weighted by Crippen LogP contribution is -2.41. The summed E-state index contributed by atoms with van der Waals surface area (Å²) in [5.41, 5.74) is 0.200. The topological polar surface area (TPSA) is 29.5 Å². The van der Waals surface area contributed by atoms with E-state index in [1.54, 1.807) is 0 Å². The van der Waals surface area contributed by atoms with Crippen LogP contribution in [-0.4, -0.2) is 23.4 Å². The molecule has 1 saturated carbocycles. The quantitative estimate of drug-likeness (QED) is 0.801. The minimum Gasteiger partial charge on any atom is -0.393 e. The molecule has 1 spiro atoms. The second-order valence-corrected chi connectivity index (χ2v) is 5.80. The van der Waals surface area contributed by atoms with Crippen LogP contribution in [0.4, 0.5) is 0 Å². The maximum absolute atomic E-state index is 9.85. The molecule has 1 aliphatic heterocycles. The third-order valence-corrected chi connectivity index (χ3v) is 4.74. The molecule has 0 amide bonds. The fourth-order valence-corrected chi connectivity index (χ4v) is 3.87. The molecule has 0 aromatic carbocycles. The molecule has 1 heterocycles. The zero-order chi connectivity index (χ0) is 11.6. The van der Waals surface area contributed by atoms with Crippen LogP contribution in [-0.2, 0) is 4.74 Å². The van der Waals surface area contributed by atoms with Crippen molar-refractivity contribution in [2.75, 3.05) is 6.61 Å². The van der Waals surface area contributed by atoms with Crippen molar-refractivity contribution < 1.29 is 9.84 Å². The summed E-state index contributed by atoms with van der Waals surface area (Å²) in [5.74, 6) is 1.15. The van der Waals surface area contributed by atoms with Gasteiger partial charge in [-0.05, 0) is 44.4 Å². The van der Waals surface area contributed by atoms with Crippen molar-refractivity contribution in [3.8, 4) is 0 Å². The van der Waals surface area contributed by atoms with Gasteiger partial charge in [-0.15, -0.1) is 0 Å². The lowest BCUT2D eigenvalue weighted by Gasteiger charge is -2.42. The van der Waals surface area contributed by atoms with Gasteiger partial charge in [-0.3, -0.25) is 0 Å². The molecule has 1 N–H and O–H groups in total. The van der Waals surface area contributed by atoms with Crippen molar-refractivity contribution in [2.45, 2.75) is 70.5 Å². The van der Waals surface area contributed by atoms with Crippen molar-refractivity contribution in [1.29, 1.82) is 0 Å². The van der Waals surface area contributed by atoms with E-state index in [9.17, 15) is 5.11 Å². The maximum atomic E-state index is 9.85. The van der Waals surface area contributed by atoms with Crippen LogP contribution in [0.25, 0.3) is 0 Å². The molecule has 94 valence electrons. The summed E-state index contributed by atoms with van der Waals surface area (Å²) < 4.78 is 6.05. The zero-order valence-corrected chi connectivity index (χ0v) is 10.7. The molecule has 0 bridgehead atoms. The van der Waals surface area contributed by atoms with Gasteiger partial charge in [0, 0.05) is 6.61 Å². The first-order chi connectivity index (χ1) is 7.67. The highest BCUT2D eigenvalue weighted by molar-refractivity contribution is 4.93. The molecule has 3 unspecified atom stereocenters. The van der Waals surface area contributed by atoms with Gasteiger partial charge in [0.1, 0.15) is 0 Å². The summed E-state index contributed by atoms with van der Waals surface area (Å²) in [7, 11) is 0. The van der Waals surface area contributed by atoms with Crippen molar-refractivity contribution in [1.82, 2.24) is 0 Å². The summed E-state index contributed by atoms with van der Waals surface area (Å²) in [6.45, 7) is 5.06. The Hall–Kier alpha value is -0.0800. The molecule has 1 aliphatic carbocycles. The van der Waals surface area contributed by atoms with Gasteiger partial charge in [-0.2, -0.15) is 0 Å². The van der Waals surface area contributed by atoms with Crippen molar-refractivity contribution in [3.05, 3.63) is 0 Å². The highest BCUT2D eigenvalue weighted by Gasteiger charge is 2.42. The van der Waals surface area contributed by atoms with Gasteiger partial charge in [-0.25, -0.2) is 0 Å². The molecular weight excluding hydrogens is 200 g/mol. The molecule has 0 radical (unpaired) electrons. The van der Waals surface area contributed by atoms with E-state index in [-0.39, 0.29) is 11.7 Å². The Morgan fingerprint density at radius 1 is 1.38 bits per heavy atom. The Bertz CT molecular complexity index is 219. The number of aliphatic hydroxyl groups is 1. The van der Waals surface area contributed by atoms with Crippen LogP contribution < -0.4 is 0 Å². The van der Waals surface area contributed by atoms with E-state index in [0.29, 0.717) is 11.8 Å². The summed E-state index contributed by atoms with van der Waals surface area (Å²) in [4.78, 5) is 0.